The first-order valence-electron chi connectivity index (χ1n) is 4.55. The predicted molar refractivity (Wildman–Crippen MR) is 55.5 cm³/mol. The van der Waals surface area contributed by atoms with E-state index in [1.807, 2.05) is 0 Å². The molecule has 5 nitrogen and oxygen atoms in total. The maximum atomic E-state index is 11.3. The van der Waals surface area contributed by atoms with Crippen LogP contribution in [0.25, 0.3) is 10.9 Å². The second-order valence-corrected chi connectivity index (χ2v) is 3.22. The highest BCUT2D eigenvalue weighted by Crippen LogP contribution is 2.24. The summed E-state index contributed by atoms with van der Waals surface area (Å²) in [5, 5.41) is 11.2. The van der Waals surface area contributed by atoms with Gasteiger partial charge in [-0.15, -0.1) is 0 Å². The number of carbonyl (C=O) groups excluding carboxylic acids is 1. The van der Waals surface area contributed by atoms with E-state index in [4.69, 9.17) is 4.74 Å². The number of carboxylic acid groups (broad SMARTS) is 1. The summed E-state index contributed by atoms with van der Waals surface area (Å²) in [5.41, 5.74) is -0.287. The summed E-state index contributed by atoms with van der Waals surface area (Å²) in [6, 6.07) is 5.86. The first kappa shape index (κ1) is 10.2. The first-order chi connectivity index (χ1) is 7.63. The molecule has 0 saturated heterocycles. The van der Waals surface area contributed by atoms with E-state index in [0.29, 0.717) is 16.7 Å². The maximum Gasteiger partial charge on any atom is 0.249 e. The van der Waals surface area contributed by atoms with Crippen LogP contribution in [0.15, 0.2) is 29.1 Å². The number of benzene rings is 1. The summed E-state index contributed by atoms with van der Waals surface area (Å²) in [6.45, 7) is 0. The summed E-state index contributed by atoms with van der Waals surface area (Å²) < 4.78 is 5.03. The fraction of sp³-hybridized carbons (Fsp3) is 0.0909. The Morgan fingerprint density at radius 2 is 2.19 bits per heavy atom. The predicted octanol–water partition coefficient (Wildman–Crippen LogP) is -0.0998. The Labute approximate surface area is 90.3 Å². The molecule has 0 aliphatic rings. The van der Waals surface area contributed by atoms with Crippen LogP contribution in [0.1, 0.15) is 10.4 Å². The molecule has 82 valence electrons. The van der Waals surface area contributed by atoms with E-state index < -0.39 is 11.5 Å². The minimum Gasteiger partial charge on any atom is -0.545 e. The molecule has 0 unspecified atom stereocenters. The molecule has 16 heavy (non-hydrogen) atoms. The van der Waals surface area contributed by atoms with Crippen molar-refractivity contribution in [3.05, 3.63) is 40.2 Å². The monoisotopic (exact) mass is 218 g/mol. The van der Waals surface area contributed by atoms with Crippen molar-refractivity contribution in [2.45, 2.75) is 0 Å². The third kappa shape index (κ3) is 1.52. The zero-order chi connectivity index (χ0) is 11.7. The van der Waals surface area contributed by atoms with E-state index in [1.54, 1.807) is 18.2 Å². The first-order valence-corrected chi connectivity index (χ1v) is 4.55. The zero-order valence-corrected chi connectivity index (χ0v) is 8.44. The highest BCUT2D eigenvalue weighted by Gasteiger charge is 2.07. The highest BCUT2D eigenvalue weighted by atomic mass is 16.5. The molecular weight excluding hydrogens is 210 g/mol. The fourth-order valence-corrected chi connectivity index (χ4v) is 1.59. The Hall–Kier alpha value is -2.30. The van der Waals surface area contributed by atoms with Crippen LogP contribution >= 0.6 is 0 Å². The van der Waals surface area contributed by atoms with Gasteiger partial charge in [-0.25, -0.2) is 0 Å². The number of aromatic carboxylic acids is 1. The summed E-state index contributed by atoms with van der Waals surface area (Å²) in [4.78, 5) is 24.7. The molecule has 0 amide bonds. The number of aromatic amines is 1. The van der Waals surface area contributed by atoms with Gasteiger partial charge in [-0.1, -0.05) is 12.1 Å². The van der Waals surface area contributed by atoms with Crippen molar-refractivity contribution in [3.63, 3.8) is 0 Å². The van der Waals surface area contributed by atoms with E-state index in [1.165, 1.54) is 7.11 Å². The van der Waals surface area contributed by atoms with Crippen LogP contribution in [0.3, 0.4) is 0 Å². The van der Waals surface area contributed by atoms with Crippen molar-refractivity contribution < 1.29 is 14.6 Å². The van der Waals surface area contributed by atoms with Gasteiger partial charge in [0.05, 0.1) is 18.6 Å². The number of carboxylic acids is 1. The minimum atomic E-state index is -1.38. The molecule has 1 aromatic carbocycles. The number of nitrogens with one attached hydrogen (secondary N) is 1. The van der Waals surface area contributed by atoms with Gasteiger partial charge in [0.25, 0.3) is 0 Å². The van der Waals surface area contributed by atoms with Gasteiger partial charge in [0.2, 0.25) is 5.56 Å². The van der Waals surface area contributed by atoms with Gasteiger partial charge < -0.3 is 19.6 Å². The largest absolute Gasteiger partial charge is 0.545 e. The number of fused-ring (bicyclic) bond motifs is 1. The van der Waals surface area contributed by atoms with Gasteiger partial charge in [-0.2, -0.15) is 0 Å². The normalized spacial score (nSPS) is 10.3. The standard InChI is InChI=1S/C11H9NO4/c1-16-8-4-2-3-6-7(11(14)15)5-9(13)12-10(6)8/h2-5H,1H3,(H,12,13)(H,14,15)/p-1. The molecule has 2 rings (SSSR count). The Morgan fingerprint density at radius 3 is 2.81 bits per heavy atom. The highest BCUT2D eigenvalue weighted by molar-refractivity contribution is 6.02. The molecule has 2 aromatic rings. The smallest absolute Gasteiger partial charge is 0.249 e. The maximum absolute atomic E-state index is 11.3. The van der Waals surface area contributed by atoms with Crippen molar-refractivity contribution in [2.75, 3.05) is 7.11 Å². The zero-order valence-electron chi connectivity index (χ0n) is 8.44. The summed E-state index contributed by atoms with van der Waals surface area (Å²) >= 11 is 0. The molecule has 1 aromatic heterocycles. The average molecular weight is 218 g/mol. The number of methoxy groups -OCH3 is 1. The van der Waals surface area contributed by atoms with Crippen LogP contribution in [-0.2, 0) is 0 Å². The molecule has 0 bridgehead atoms. The Bertz CT molecular complexity index is 615. The molecule has 0 aliphatic heterocycles. The number of hydrogen-bond donors (Lipinski definition) is 1. The van der Waals surface area contributed by atoms with Crippen molar-refractivity contribution in [1.82, 2.24) is 4.98 Å². The second-order valence-electron chi connectivity index (χ2n) is 3.22. The molecule has 1 N–H and O–H groups in total. The Balaban J connectivity index is 2.94. The van der Waals surface area contributed by atoms with Gasteiger partial charge in [0.15, 0.2) is 0 Å². The summed E-state index contributed by atoms with van der Waals surface area (Å²) in [5.74, 6) is -0.970. The number of aromatic nitrogens is 1. The quantitative estimate of drug-likeness (QED) is 0.763. The average Bonchev–Trinajstić information content (AvgIpc) is 2.27. The molecule has 0 spiro atoms. The SMILES string of the molecule is COc1cccc2c(C(=O)[O-])cc(=O)[nH]c12. The minimum absolute atomic E-state index is 0.141. The lowest BCUT2D eigenvalue weighted by atomic mass is 10.1. The van der Waals surface area contributed by atoms with Crippen molar-refractivity contribution in [1.29, 1.82) is 0 Å². The topological polar surface area (TPSA) is 82.2 Å². The van der Waals surface area contributed by atoms with Crippen molar-refractivity contribution >= 4 is 16.9 Å². The Kier molecular flexibility index (Phi) is 2.36. The van der Waals surface area contributed by atoms with Crippen molar-refractivity contribution in [2.24, 2.45) is 0 Å². The van der Waals surface area contributed by atoms with Crippen LogP contribution in [0.4, 0.5) is 0 Å². The number of H-pyrrole nitrogens is 1. The molecule has 5 heteroatoms. The van der Waals surface area contributed by atoms with Gasteiger partial charge in [-0.3, -0.25) is 4.79 Å². The lowest BCUT2D eigenvalue weighted by molar-refractivity contribution is -0.254. The van der Waals surface area contributed by atoms with E-state index in [-0.39, 0.29) is 5.56 Å². The number of carbonyl (C=O) groups is 1. The fourth-order valence-electron chi connectivity index (χ4n) is 1.59. The lowest BCUT2D eigenvalue weighted by Crippen LogP contribution is -2.24. The third-order valence-corrected chi connectivity index (χ3v) is 2.28. The number of ether oxygens (including phenoxy) is 1. The lowest BCUT2D eigenvalue weighted by Gasteiger charge is -2.09. The van der Waals surface area contributed by atoms with Crippen LogP contribution < -0.4 is 15.4 Å². The molecule has 0 atom stereocenters. The molecular formula is C11H8NO4-. The molecule has 0 fully saturated rings. The van der Waals surface area contributed by atoms with Gasteiger partial charge in [0.1, 0.15) is 5.75 Å². The third-order valence-electron chi connectivity index (χ3n) is 2.28. The van der Waals surface area contributed by atoms with E-state index in [0.717, 1.165) is 6.07 Å². The van der Waals surface area contributed by atoms with E-state index in [2.05, 4.69) is 4.98 Å². The summed E-state index contributed by atoms with van der Waals surface area (Å²) in [6.07, 6.45) is 0. The van der Waals surface area contributed by atoms with Crippen LogP contribution in [0, 0.1) is 0 Å². The molecule has 0 radical (unpaired) electrons. The van der Waals surface area contributed by atoms with Crippen LogP contribution in [0.2, 0.25) is 0 Å². The van der Waals surface area contributed by atoms with Crippen LogP contribution in [-0.4, -0.2) is 18.1 Å². The summed E-state index contributed by atoms with van der Waals surface area (Å²) in [7, 11) is 1.44. The Morgan fingerprint density at radius 1 is 1.44 bits per heavy atom. The van der Waals surface area contributed by atoms with Gasteiger partial charge in [0, 0.05) is 17.0 Å². The van der Waals surface area contributed by atoms with Crippen LogP contribution in [0.5, 0.6) is 5.75 Å². The van der Waals surface area contributed by atoms with Gasteiger partial charge >= 0.3 is 0 Å². The number of pyridine rings is 1. The van der Waals surface area contributed by atoms with E-state index >= 15 is 0 Å². The number of para-hydroxylation sites is 1. The number of hydrogen-bond acceptors (Lipinski definition) is 4. The second kappa shape index (κ2) is 3.69. The van der Waals surface area contributed by atoms with Crippen molar-refractivity contribution in [3.8, 4) is 5.75 Å². The molecule has 0 saturated carbocycles. The molecule has 1 heterocycles. The molecule has 0 aliphatic carbocycles. The van der Waals surface area contributed by atoms with Gasteiger partial charge in [-0.05, 0) is 6.07 Å². The van der Waals surface area contributed by atoms with E-state index in [9.17, 15) is 14.7 Å². The number of rotatable bonds is 2.